The molecular weight excluding hydrogens is 280 g/mol. The molecule has 118 valence electrons. The number of likely N-dealkylation sites (tertiary alicyclic amines) is 1. The van der Waals surface area contributed by atoms with Gasteiger partial charge < -0.3 is 10.8 Å². The monoisotopic (exact) mass is 308 g/mol. The average Bonchev–Trinajstić information content (AvgIpc) is 2.80. The van der Waals surface area contributed by atoms with Crippen LogP contribution in [0.3, 0.4) is 0 Å². The van der Waals surface area contributed by atoms with Crippen molar-refractivity contribution in [2.75, 3.05) is 19.7 Å². The van der Waals surface area contributed by atoms with Crippen LogP contribution in [-0.2, 0) is 6.54 Å². The van der Waals surface area contributed by atoms with Gasteiger partial charge in [0, 0.05) is 35.7 Å². The van der Waals surface area contributed by atoms with E-state index in [-0.39, 0.29) is 11.4 Å². The summed E-state index contributed by atoms with van der Waals surface area (Å²) in [6.07, 6.45) is 1.16. The number of aliphatic hydroxyl groups is 1. The number of benzene rings is 1. The predicted molar refractivity (Wildman–Crippen MR) is 91.5 cm³/mol. The highest BCUT2D eigenvalue weighted by atomic mass is 32.2. The van der Waals surface area contributed by atoms with Gasteiger partial charge >= 0.3 is 0 Å². The Morgan fingerprint density at radius 1 is 1.29 bits per heavy atom. The first kappa shape index (κ1) is 16.8. The maximum atomic E-state index is 9.33. The molecule has 3 nitrogen and oxygen atoms in total. The Bertz CT molecular complexity index is 441. The summed E-state index contributed by atoms with van der Waals surface area (Å²) in [4.78, 5) is 2.42. The van der Waals surface area contributed by atoms with Crippen molar-refractivity contribution in [3.63, 3.8) is 0 Å². The van der Waals surface area contributed by atoms with Crippen LogP contribution in [0.1, 0.15) is 44.4 Å². The molecule has 1 aliphatic heterocycles. The number of thioether (sulfide) groups is 1. The van der Waals surface area contributed by atoms with Crippen molar-refractivity contribution < 1.29 is 5.11 Å². The lowest BCUT2D eigenvalue weighted by atomic mass is 10.0. The largest absolute Gasteiger partial charge is 0.395 e. The van der Waals surface area contributed by atoms with E-state index in [4.69, 9.17) is 5.73 Å². The summed E-state index contributed by atoms with van der Waals surface area (Å²) in [5.41, 5.74) is 8.19. The van der Waals surface area contributed by atoms with Crippen molar-refractivity contribution >= 4 is 11.8 Å². The number of nitrogens with two attached hydrogens (primary N) is 1. The quantitative estimate of drug-likeness (QED) is 0.878. The normalized spacial score (nSPS) is 23.7. The highest BCUT2D eigenvalue weighted by molar-refractivity contribution is 8.01. The molecule has 0 amide bonds. The third kappa shape index (κ3) is 4.71. The molecule has 0 radical (unpaired) electrons. The second-order valence-corrected chi connectivity index (χ2v) is 8.90. The summed E-state index contributed by atoms with van der Waals surface area (Å²) in [6.45, 7) is 9.46. The number of aliphatic hydroxyl groups excluding tert-OH is 1. The molecule has 1 aliphatic rings. The first-order chi connectivity index (χ1) is 9.93. The van der Waals surface area contributed by atoms with Crippen LogP contribution in [-0.4, -0.2) is 39.7 Å². The van der Waals surface area contributed by atoms with Crippen LogP contribution in [0.5, 0.6) is 0 Å². The van der Waals surface area contributed by atoms with E-state index in [0.29, 0.717) is 17.8 Å². The van der Waals surface area contributed by atoms with Crippen molar-refractivity contribution in [1.82, 2.24) is 4.90 Å². The zero-order valence-corrected chi connectivity index (χ0v) is 14.2. The maximum absolute atomic E-state index is 9.33. The third-order valence-corrected chi connectivity index (χ3v) is 5.25. The molecule has 0 spiro atoms. The van der Waals surface area contributed by atoms with E-state index in [0.717, 1.165) is 19.5 Å². The van der Waals surface area contributed by atoms with Crippen molar-refractivity contribution in [2.45, 2.75) is 49.8 Å². The van der Waals surface area contributed by atoms with E-state index in [2.05, 4.69) is 61.7 Å². The Labute approximate surface area is 132 Å². The molecule has 1 aromatic carbocycles. The fourth-order valence-electron chi connectivity index (χ4n) is 3.05. The Morgan fingerprint density at radius 2 is 1.95 bits per heavy atom. The molecule has 2 unspecified atom stereocenters. The van der Waals surface area contributed by atoms with Gasteiger partial charge in [0.25, 0.3) is 0 Å². The summed E-state index contributed by atoms with van der Waals surface area (Å²) >= 11 is 2.06. The maximum Gasteiger partial charge on any atom is 0.0558 e. The first-order valence-electron chi connectivity index (χ1n) is 7.74. The van der Waals surface area contributed by atoms with Gasteiger partial charge in [0.05, 0.1) is 6.61 Å². The van der Waals surface area contributed by atoms with Crippen LogP contribution in [0, 0.1) is 0 Å². The van der Waals surface area contributed by atoms with Gasteiger partial charge in [-0.3, -0.25) is 4.90 Å². The zero-order valence-electron chi connectivity index (χ0n) is 13.4. The van der Waals surface area contributed by atoms with Crippen molar-refractivity contribution in [2.24, 2.45) is 5.73 Å². The molecule has 4 heteroatoms. The molecule has 1 saturated heterocycles. The highest BCUT2D eigenvalue weighted by Crippen LogP contribution is 2.41. The molecule has 2 atom stereocenters. The minimum atomic E-state index is 0.226. The number of rotatable bonds is 5. The van der Waals surface area contributed by atoms with Crippen LogP contribution in [0.2, 0.25) is 0 Å². The van der Waals surface area contributed by atoms with Crippen LogP contribution >= 0.6 is 11.8 Å². The van der Waals surface area contributed by atoms with Gasteiger partial charge in [0.1, 0.15) is 0 Å². The van der Waals surface area contributed by atoms with Gasteiger partial charge in [-0.05, 0) is 17.5 Å². The van der Waals surface area contributed by atoms with E-state index in [1.165, 1.54) is 11.1 Å². The van der Waals surface area contributed by atoms with Crippen LogP contribution in [0.15, 0.2) is 24.3 Å². The Morgan fingerprint density at radius 3 is 2.48 bits per heavy atom. The number of nitrogens with zero attached hydrogens (tertiary/aromatic N) is 1. The van der Waals surface area contributed by atoms with Crippen molar-refractivity contribution in [3.8, 4) is 0 Å². The summed E-state index contributed by atoms with van der Waals surface area (Å²) in [7, 11) is 0. The summed E-state index contributed by atoms with van der Waals surface area (Å²) in [5.74, 6) is 0. The first-order valence-corrected chi connectivity index (χ1v) is 8.62. The van der Waals surface area contributed by atoms with Crippen molar-refractivity contribution in [3.05, 3.63) is 35.4 Å². The SMILES string of the molecule is CC(C)(C)SC1CC(c2ccc(CN)cc2)N(CCO)C1. The molecule has 21 heavy (non-hydrogen) atoms. The fraction of sp³-hybridized carbons (Fsp3) is 0.647. The number of hydrogen-bond donors (Lipinski definition) is 2. The summed E-state index contributed by atoms with van der Waals surface area (Å²) in [5, 5.41) is 9.96. The lowest BCUT2D eigenvalue weighted by Crippen LogP contribution is -2.28. The lowest BCUT2D eigenvalue weighted by molar-refractivity contribution is 0.186. The molecule has 1 fully saturated rings. The van der Waals surface area contributed by atoms with Gasteiger partial charge in [-0.25, -0.2) is 0 Å². The molecule has 0 aromatic heterocycles. The topological polar surface area (TPSA) is 49.5 Å². The molecular formula is C17H28N2OS. The summed E-state index contributed by atoms with van der Waals surface area (Å²) in [6, 6.07) is 9.06. The van der Waals surface area contributed by atoms with Crippen LogP contribution in [0.4, 0.5) is 0 Å². The van der Waals surface area contributed by atoms with Gasteiger partial charge in [0.15, 0.2) is 0 Å². The average molecular weight is 308 g/mol. The van der Waals surface area contributed by atoms with Crippen molar-refractivity contribution in [1.29, 1.82) is 0 Å². The van der Waals surface area contributed by atoms with Gasteiger partial charge in [-0.15, -0.1) is 0 Å². The summed E-state index contributed by atoms with van der Waals surface area (Å²) < 4.78 is 0.286. The third-order valence-electron chi connectivity index (χ3n) is 3.87. The fourth-order valence-corrected chi connectivity index (χ4v) is 4.59. The Kier molecular flexibility index (Phi) is 5.72. The number of β-amino-alcohol motifs (C(OH)–C–C–N with tert-alkyl or cyclic N) is 1. The predicted octanol–water partition coefficient (Wildman–Crippen LogP) is 2.78. The Balaban J connectivity index is 2.11. The molecule has 3 N–H and O–H groups in total. The van der Waals surface area contributed by atoms with E-state index in [1.54, 1.807) is 0 Å². The molecule has 0 bridgehead atoms. The van der Waals surface area contributed by atoms with Gasteiger partial charge in [-0.1, -0.05) is 45.0 Å². The molecule has 0 aliphatic carbocycles. The van der Waals surface area contributed by atoms with E-state index in [1.807, 2.05) is 0 Å². The van der Waals surface area contributed by atoms with E-state index >= 15 is 0 Å². The minimum absolute atomic E-state index is 0.226. The van der Waals surface area contributed by atoms with Crippen LogP contribution in [0.25, 0.3) is 0 Å². The molecule has 1 heterocycles. The Hall–Kier alpha value is -0.550. The molecule has 2 rings (SSSR count). The highest BCUT2D eigenvalue weighted by Gasteiger charge is 2.34. The van der Waals surface area contributed by atoms with Gasteiger partial charge in [-0.2, -0.15) is 11.8 Å². The van der Waals surface area contributed by atoms with E-state index in [9.17, 15) is 5.11 Å². The molecule has 0 saturated carbocycles. The number of hydrogen-bond acceptors (Lipinski definition) is 4. The molecule has 1 aromatic rings. The second kappa shape index (κ2) is 7.14. The minimum Gasteiger partial charge on any atom is -0.395 e. The van der Waals surface area contributed by atoms with Gasteiger partial charge in [0.2, 0.25) is 0 Å². The zero-order chi connectivity index (χ0) is 15.5. The van der Waals surface area contributed by atoms with E-state index < -0.39 is 0 Å². The standard InChI is InChI=1S/C17H28N2OS/c1-17(2,3)21-15-10-16(19(12-15)8-9-20)14-6-4-13(11-18)5-7-14/h4-7,15-16,20H,8-12,18H2,1-3H3. The smallest absolute Gasteiger partial charge is 0.0558 e. The lowest BCUT2D eigenvalue weighted by Gasteiger charge is -2.24. The second-order valence-electron chi connectivity index (χ2n) is 6.77. The van der Waals surface area contributed by atoms with Crippen LogP contribution < -0.4 is 5.73 Å².